The van der Waals surface area contributed by atoms with Crippen LogP contribution < -0.4 is 14.2 Å². The normalized spacial score (nSPS) is 10.3. The van der Waals surface area contributed by atoms with E-state index in [1.807, 2.05) is 0 Å². The van der Waals surface area contributed by atoms with E-state index in [0.29, 0.717) is 17.1 Å². The highest BCUT2D eigenvalue weighted by Crippen LogP contribution is 2.32. The number of methoxy groups -OCH3 is 2. The summed E-state index contributed by atoms with van der Waals surface area (Å²) in [5.74, 6) is 1.78. The molecule has 0 heterocycles. The number of carbonyl (C=O) groups is 1. The summed E-state index contributed by atoms with van der Waals surface area (Å²) in [6.45, 7) is 6.55. The molecule has 0 bridgehead atoms. The lowest BCUT2D eigenvalue weighted by Crippen LogP contribution is -2.11. The van der Waals surface area contributed by atoms with Gasteiger partial charge in [-0.3, -0.25) is 0 Å². The first kappa shape index (κ1) is 19.6. The topological polar surface area (TPSA) is 54.0 Å². The van der Waals surface area contributed by atoms with Gasteiger partial charge in [0.15, 0.2) is 0 Å². The summed E-state index contributed by atoms with van der Waals surface area (Å²) in [5.41, 5.74) is 4.32. The van der Waals surface area contributed by atoms with Gasteiger partial charge in [0, 0.05) is 0 Å². The van der Waals surface area contributed by atoms with Crippen molar-refractivity contribution in [3.8, 4) is 17.2 Å². The maximum atomic E-state index is 11.5. The quantitative estimate of drug-likeness (QED) is 0.523. The van der Waals surface area contributed by atoms with Gasteiger partial charge in [0.2, 0.25) is 0 Å². The minimum Gasteiger partial charge on any atom is -0.496 e. The SMILES string of the molecule is CCc1cc(CC)c(OCc2c(OC)cccc2OC(=O)OC)cc1C. The van der Waals surface area contributed by atoms with Gasteiger partial charge >= 0.3 is 6.16 Å². The third-order valence-electron chi connectivity index (χ3n) is 4.32. The van der Waals surface area contributed by atoms with Crippen LogP contribution in [0.1, 0.15) is 36.1 Å². The van der Waals surface area contributed by atoms with Gasteiger partial charge in [-0.05, 0) is 54.7 Å². The Morgan fingerprint density at radius 3 is 2.27 bits per heavy atom. The van der Waals surface area contributed by atoms with Gasteiger partial charge in [-0.2, -0.15) is 0 Å². The number of hydrogen-bond acceptors (Lipinski definition) is 5. The summed E-state index contributed by atoms with van der Waals surface area (Å²) < 4.78 is 21.3. The van der Waals surface area contributed by atoms with E-state index in [4.69, 9.17) is 14.2 Å². The fourth-order valence-electron chi connectivity index (χ4n) is 2.82. The van der Waals surface area contributed by atoms with E-state index < -0.39 is 6.16 Å². The molecule has 0 saturated heterocycles. The summed E-state index contributed by atoms with van der Waals surface area (Å²) in [7, 11) is 2.84. The number of hydrogen-bond donors (Lipinski definition) is 0. The van der Waals surface area contributed by atoms with Gasteiger partial charge < -0.3 is 18.9 Å². The molecule has 0 N–H and O–H groups in total. The molecule has 2 rings (SSSR count). The monoisotopic (exact) mass is 358 g/mol. The minimum absolute atomic E-state index is 0.217. The lowest BCUT2D eigenvalue weighted by Gasteiger charge is -2.17. The van der Waals surface area contributed by atoms with Crippen molar-refractivity contribution in [2.45, 2.75) is 40.2 Å². The molecule has 2 aromatic rings. The molecule has 0 amide bonds. The van der Waals surface area contributed by atoms with Gasteiger partial charge in [0.25, 0.3) is 0 Å². The predicted octanol–water partition coefficient (Wildman–Crippen LogP) is 4.85. The Morgan fingerprint density at radius 1 is 0.962 bits per heavy atom. The van der Waals surface area contributed by atoms with E-state index in [1.54, 1.807) is 25.3 Å². The molecule has 5 nitrogen and oxygen atoms in total. The fourth-order valence-corrected chi connectivity index (χ4v) is 2.82. The van der Waals surface area contributed by atoms with E-state index in [9.17, 15) is 4.79 Å². The van der Waals surface area contributed by atoms with E-state index in [1.165, 1.54) is 18.2 Å². The summed E-state index contributed by atoms with van der Waals surface area (Å²) in [5, 5.41) is 0. The number of ether oxygens (including phenoxy) is 4. The highest BCUT2D eigenvalue weighted by Gasteiger charge is 2.16. The molecule has 0 aromatic heterocycles. The zero-order valence-electron chi connectivity index (χ0n) is 16.0. The van der Waals surface area contributed by atoms with Crippen molar-refractivity contribution in [2.24, 2.45) is 0 Å². The molecule has 5 heteroatoms. The molecule has 140 valence electrons. The molecule has 0 saturated carbocycles. The highest BCUT2D eigenvalue weighted by atomic mass is 16.7. The first-order valence-corrected chi connectivity index (χ1v) is 8.70. The van der Waals surface area contributed by atoms with Gasteiger partial charge in [0.1, 0.15) is 23.9 Å². The van der Waals surface area contributed by atoms with Crippen LogP contribution in [0.25, 0.3) is 0 Å². The summed E-state index contributed by atoms with van der Waals surface area (Å²) in [4.78, 5) is 11.5. The Hall–Kier alpha value is -2.69. The second-order valence-electron chi connectivity index (χ2n) is 5.88. The molecular weight excluding hydrogens is 332 g/mol. The van der Waals surface area contributed by atoms with Crippen LogP contribution >= 0.6 is 0 Å². The van der Waals surface area contributed by atoms with Gasteiger partial charge in [-0.15, -0.1) is 0 Å². The molecule has 0 unspecified atom stereocenters. The van der Waals surface area contributed by atoms with Crippen LogP contribution in [-0.4, -0.2) is 20.4 Å². The zero-order chi connectivity index (χ0) is 19.1. The Morgan fingerprint density at radius 2 is 1.65 bits per heavy atom. The number of rotatable bonds is 7. The summed E-state index contributed by atoms with van der Waals surface area (Å²) in [6, 6.07) is 9.49. The van der Waals surface area contributed by atoms with Crippen molar-refractivity contribution in [1.82, 2.24) is 0 Å². The number of aryl methyl sites for hydroxylation is 3. The van der Waals surface area contributed by atoms with Crippen molar-refractivity contribution >= 4 is 6.16 Å². The Bertz CT molecular complexity index is 767. The van der Waals surface area contributed by atoms with E-state index in [0.717, 1.165) is 24.2 Å². The summed E-state index contributed by atoms with van der Waals surface area (Å²) in [6.07, 6.45) is 1.08. The van der Waals surface area contributed by atoms with E-state index in [2.05, 4.69) is 37.6 Å². The maximum absolute atomic E-state index is 11.5. The van der Waals surface area contributed by atoms with Gasteiger partial charge in [-0.25, -0.2) is 4.79 Å². The average molecular weight is 358 g/mol. The van der Waals surface area contributed by atoms with Crippen LogP contribution in [0.3, 0.4) is 0 Å². The largest absolute Gasteiger partial charge is 0.513 e. The van der Waals surface area contributed by atoms with Crippen LogP contribution in [0.5, 0.6) is 17.2 Å². The molecule has 0 radical (unpaired) electrons. The number of benzene rings is 2. The molecule has 0 spiro atoms. The van der Waals surface area contributed by atoms with E-state index >= 15 is 0 Å². The molecule has 26 heavy (non-hydrogen) atoms. The first-order valence-electron chi connectivity index (χ1n) is 8.70. The van der Waals surface area contributed by atoms with Crippen LogP contribution in [0.15, 0.2) is 30.3 Å². The first-order chi connectivity index (χ1) is 12.5. The number of carbonyl (C=O) groups excluding carboxylic acids is 1. The van der Waals surface area contributed by atoms with Crippen molar-refractivity contribution in [1.29, 1.82) is 0 Å². The Kier molecular flexibility index (Phi) is 6.89. The van der Waals surface area contributed by atoms with Crippen molar-refractivity contribution in [2.75, 3.05) is 14.2 Å². The van der Waals surface area contributed by atoms with Gasteiger partial charge in [0.05, 0.1) is 19.8 Å². The molecule has 2 aromatic carbocycles. The minimum atomic E-state index is -0.781. The smallest absolute Gasteiger partial charge is 0.496 e. The van der Waals surface area contributed by atoms with E-state index in [-0.39, 0.29) is 6.61 Å². The molecule has 0 aliphatic carbocycles. The van der Waals surface area contributed by atoms with Crippen LogP contribution in [-0.2, 0) is 24.2 Å². The van der Waals surface area contributed by atoms with Crippen LogP contribution in [0.4, 0.5) is 4.79 Å². The average Bonchev–Trinajstić information content (AvgIpc) is 2.66. The second kappa shape index (κ2) is 9.13. The molecule has 0 aliphatic rings. The molecule has 0 aliphatic heterocycles. The molecular formula is C21H26O5. The maximum Gasteiger partial charge on any atom is 0.513 e. The Balaban J connectivity index is 2.31. The standard InChI is InChI=1S/C21H26O5/c1-6-15-12-16(7-2)20(11-14(15)3)25-13-17-18(23-4)9-8-10-19(17)26-21(22)24-5/h8-12H,6-7,13H2,1-5H3. The predicted molar refractivity (Wildman–Crippen MR) is 100 cm³/mol. The lowest BCUT2D eigenvalue weighted by molar-refractivity contribution is 0.120. The second-order valence-corrected chi connectivity index (χ2v) is 5.88. The zero-order valence-corrected chi connectivity index (χ0v) is 16.0. The highest BCUT2D eigenvalue weighted by molar-refractivity contribution is 5.65. The van der Waals surface area contributed by atoms with Crippen molar-refractivity contribution in [3.63, 3.8) is 0 Å². The molecule has 0 atom stereocenters. The fraction of sp³-hybridized carbons (Fsp3) is 0.381. The van der Waals surface area contributed by atoms with Gasteiger partial charge in [-0.1, -0.05) is 26.0 Å². The van der Waals surface area contributed by atoms with Crippen molar-refractivity contribution in [3.05, 3.63) is 52.6 Å². The third kappa shape index (κ3) is 4.48. The lowest BCUT2D eigenvalue weighted by atomic mass is 10.0. The van der Waals surface area contributed by atoms with Crippen LogP contribution in [0, 0.1) is 6.92 Å². The van der Waals surface area contributed by atoms with Crippen molar-refractivity contribution < 1.29 is 23.7 Å². The summed E-state index contributed by atoms with van der Waals surface area (Å²) >= 11 is 0. The third-order valence-corrected chi connectivity index (χ3v) is 4.32. The Labute approximate surface area is 154 Å². The molecule has 0 fully saturated rings. The van der Waals surface area contributed by atoms with Crippen LogP contribution in [0.2, 0.25) is 0 Å².